The minimum atomic E-state index is -3.57. The van der Waals surface area contributed by atoms with Crippen LogP contribution in [0.5, 0.6) is 0 Å². The van der Waals surface area contributed by atoms with Gasteiger partial charge in [-0.05, 0) is 41.5 Å². The highest BCUT2D eigenvalue weighted by molar-refractivity contribution is 7.90. The van der Waals surface area contributed by atoms with Crippen LogP contribution in [-0.4, -0.2) is 8.42 Å². The Morgan fingerprint density at radius 3 is 2.45 bits per heavy atom. The fraction of sp³-hybridized carbons (Fsp3) is 0.143. The Hall–Kier alpha value is -1.43. The third-order valence-corrected chi connectivity index (χ3v) is 4.69. The second-order valence-corrected chi connectivity index (χ2v) is 6.81. The number of hydrogen-bond acceptors (Lipinski definition) is 3. The van der Waals surface area contributed by atoms with Gasteiger partial charge in [0, 0.05) is 11.6 Å². The maximum absolute atomic E-state index is 13.4. The summed E-state index contributed by atoms with van der Waals surface area (Å²) in [6, 6.07) is 10.1. The molecule has 0 aliphatic rings. The molecule has 0 heterocycles. The Kier molecular flexibility index (Phi) is 4.42. The molecule has 2 aromatic carbocycles. The number of hydrogen-bond donors (Lipinski definition) is 1. The van der Waals surface area contributed by atoms with E-state index in [2.05, 4.69) is 0 Å². The second-order valence-electron chi connectivity index (χ2n) is 4.39. The number of sulfone groups is 1. The van der Waals surface area contributed by atoms with Crippen LogP contribution >= 0.6 is 11.6 Å². The number of rotatable bonds is 4. The molecule has 0 aromatic heterocycles. The zero-order valence-electron chi connectivity index (χ0n) is 10.5. The van der Waals surface area contributed by atoms with Crippen molar-refractivity contribution in [3.63, 3.8) is 0 Å². The average molecular weight is 314 g/mol. The molecule has 6 heteroatoms. The summed E-state index contributed by atoms with van der Waals surface area (Å²) in [5.74, 6) is -0.790. The van der Waals surface area contributed by atoms with E-state index in [1.54, 1.807) is 18.2 Å². The quantitative estimate of drug-likeness (QED) is 0.944. The summed E-state index contributed by atoms with van der Waals surface area (Å²) in [5, 5.41) is 0.341. The Balaban J connectivity index is 2.35. The van der Waals surface area contributed by atoms with Crippen molar-refractivity contribution in [3.05, 3.63) is 64.4 Å². The number of nitrogens with two attached hydrogens (primary N) is 1. The van der Waals surface area contributed by atoms with Crippen molar-refractivity contribution in [1.29, 1.82) is 0 Å². The SMILES string of the molecule is NCc1cc(F)cc(CS(=O)(=O)c2cccc(Cl)c2)c1. The summed E-state index contributed by atoms with van der Waals surface area (Å²) in [6.45, 7) is 0.155. The fourth-order valence-electron chi connectivity index (χ4n) is 1.88. The van der Waals surface area contributed by atoms with Gasteiger partial charge in [0.05, 0.1) is 10.6 Å². The molecule has 0 fully saturated rings. The fourth-order valence-corrected chi connectivity index (χ4v) is 3.50. The molecule has 0 spiro atoms. The first-order chi connectivity index (χ1) is 9.40. The molecule has 106 valence electrons. The van der Waals surface area contributed by atoms with Gasteiger partial charge in [-0.15, -0.1) is 0 Å². The lowest BCUT2D eigenvalue weighted by atomic mass is 10.1. The minimum Gasteiger partial charge on any atom is -0.326 e. The highest BCUT2D eigenvalue weighted by Gasteiger charge is 2.16. The van der Waals surface area contributed by atoms with E-state index < -0.39 is 15.7 Å². The zero-order chi connectivity index (χ0) is 14.8. The van der Waals surface area contributed by atoms with Crippen LogP contribution in [0.15, 0.2) is 47.4 Å². The van der Waals surface area contributed by atoms with E-state index in [1.807, 2.05) is 0 Å². The molecule has 3 nitrogen and oxygen atoms in total. The van der Waals surface area contributed by atoms with Crippen molar-refractivity contribution in [2.75, 3.05) is 0 Å². The average Bonchev–Trinajstić information content (AvgIpc) is 2.37. The molecular formula is C14H13ClFNO2S. The summed E-state index contributed by atoms with van der Waals surface area (Å²) >= 11 is 5.79. The van der Waals surface area contributed by atoms with Gasteiger partial charge in [-0.3, -0.25) is 0 Å². The summed E-state index contributed by atoms with van der Waals surface area (Å²) in [7, 11) is -3.57. The van der Waals surface area contributed by atoms with Crippen LogP contribution in [0.2, 0.25) is 5.02 Å². The van der Waals surface area contributed by atoms with Crippen LogP contribution in [0.1, 0.15) is 11.1 Å². The van der Waals surface area contributed by atoms with Crippen LogP contribution in [0, 0.1) is 5.82 Å². The van der Waals surface area contributed by atoms with Gasteiger partial charge >= 0.3 is 0 Å². The third kappa shape index (κ3) is 3.56. The molecular weight excluding hydrogens is 301 g/mol. The highest BCUT2D eigenvalue weighted by atomic mass is 35.5. The van der Waals surface area contributed by atoms with Crippen molar-refractivity contribution in [2.45, 2.75) is 17.2 Å². The van der Waals surface area contributed by atoms with Gasteiger partial charge in [0.15, 0.2) is 9.84 Å². The molecule has 0 radical (unpaired) electrons. The molecule has 0 saturated heterocycles. The van der Waals surface area contributed by atoms with Crippen molar-refractivity contribution in [3.8, 4) is 0 Å². The first-order valence-corrected chi connectivity index (χ1v) is 7.90. The number of halogens is 2. The molecule has 0 unspecified atom stereocenters. The molecule has 0 bridgehead atoms. The Labute approximate surface area is 122 Å². The van der Waals surface area contributed by atoms with Crippen molar-refractivity contribution in [2.24, 2.45) is 5.73 Å². The lowest BCUT2D eigenvalue weighted by molar-refractivity contribution is 0.594. The predicted molar refractivity (Wildman–Crippen MR) is 76.6 cm³/mol. The molecule has 0 amide bonds. The first-order valence-electron chi connectivity index (χ1n) is 5.87. The monoisotopic (exact) mass is 313 g/mol. The van der Waals surface area contributed by atoms with Gasteiger partial charge in [-0.1, -0.05) is 23.7 Å². The van der Waals surface area contributed by atoms with E-state index in [1.165, 1.54) is 24.3 Å². The maximum atomic E-state index is 13.4. The maximum Gasteiger partial charge on any atom is 0.182 e. The standard InChI is InChI=1S/C14H13ClFNO2S/c15-12-2-1-3-14(7-12)20(18,19)9-11-4-10(8-17)5-13(16)6-11/h1-7H,8-9,17H2. The molecule has 0 aliphatic heterocycles. The van der Waals surface area contributed by atoms with Gasteiger partial charge in [0.2, 0.25) is 0 Å². The van der Waals surface area contributed by atoms with Crippen LogP contribution in [-0.2, 0) is 22.1 Å². The van der Waals surface area contributed by atoms with E-state index in [9.17, 15) is 12.8 Å². The van der Waals surface area contributed by atoms with Gasteiger partial charge in [-0.25, -0.2) is 12.8 Å². The summed E-state index contributed by atoms with van der Waals surface area (Å²) in [6.07, 6.45) is 0. The van der Waals surface area contributed by atoms with Crippen molar-refractivity contribution in [1.82, 2.24) is 0 Å². The lowest BCUT2D eigenvalue weighted by Crippen LogP contribution is -2.06. The highest BCUT2D eigenvalue weighted by Crippen LogP contribution is 2.21. The van der Waals surface area contributed by atoms with E-state index >= 15 is 0 Å². The molecule has 2 aromatic rings. The predicted octanol–water partition coefficient (Wildman–Crippen LogP) is 2.91. The first kappa shape index (κ1) is 15.0. The van der Waals surface area contributed by atoms with Crippen LogP contribution in [0.3, 0.4) is 0 Å². The zero-order valence-corrected chi connectivity index (χ0v) is 12.1. The van der Waals surface area contributed by atoms with Crippen LogP contribution < -0.4 is 5.73 Å². The molecule has 2 rings (SSSR count). The molecule has 20 heavy (non-hydrogen) atoms. The summed E-state index contributed by atoms with van der Waals surface area (Å²) in [5.41, 5.74) is 6.37. The van der Waals surface area contributed by atoms with Gasteiger partial charge in [0.1, 0.15) is 5.82 Å². The largest absolute Gasteiger partial charge is 0.326 e. The molecule has 0 atom stereocenters. The topological polar surface area (TPSA) is 60.2 Å². The van der Waals surface area contributed by atoms with E-state index in [0.29, 0.717) is 16.1 Å². The Morgan fingerprint density at radius 2 is 1.80 bits per heavy atom. The van der Waals surface area contributed by atoms with Crippen LogP contribution in [0.25, 0.3) is 0 Å². The van der Waals surface area contributed by atoms with Crippen LogP contribution in [0.4, 0.5) is 4.39 Å². The van der Waals surface area contributed by atoms with E-state index in [0.717, 1.165) is 0 Å². The smallest absolute Gasteiger partial charge is 0.182 e. The molecule has 0 saturated carbocycles. The normalized spacial score (nSPS) is 11.6. The van der Waals surface area contributed by atoms with Crippen molar-refractivity contribution >= 4 is 21.4 Å². The van der Waals surface area contributed by atoms with Gasteiger partial charge in [0.25, 0.3) is 0 Å². The van der Waals surface area contributed by atoms with E-state index in [4.69, 9.17) is 17.3 Å². The van der Waals surface area contributed by atoms with Crippen molar-refractivity contribution < 1.29 is 12.8 Å². The second kappa shape index (κ2) is 5.91. The minimum absolute atomic E-state index is 0.114. The Bertz CT molecular complexity index is 732. The third-order valence-electron chi connectivity index (χ3n) is 2.76. The summed E-state index contributed by atoms with van der Waals surface area (Å²) in [4.78, 5) is 0.114. The number of benzene rings is 2. The molecule has 0 aliphatic carbocycles. The lowest BCUT2D eigenvalue weighted by Gasteiger charge is -2.07. The van der Waals surface area contributed by atoms with Gasteiger partial charge < -0.3 is 5.73 Å². The molecule has 2 N–H and O–H groups in total. The van der Waals surface area contributed by atoms with E-state index in [-0.39, 0.29) is 17.2 Å². The summed E-state index contributed by atoms with van der Waals surface area (Å²) < 4.78 is 37.9. The Morgan fingerprint density at radius 1 is 1.10 bits per heavy atom. The van der Waals surface area contributed by atoms with Gasteiger partial charge in [-0.2, -0.15) is 0 Å².